The molecule has 0 saturated heterocycles. The highest BCUT2D eigenvalue weighted by Gasteiger charge is 2.31. The maximum Gasteiger partial charge on any atom is 0.259 e. The molecule has 4 rings (SSSR count). The zero-order chi connectivity index (χ0) is 17.2. The predicted octanol–water partition coefficient (Wildman–Crippen LogP) is 4.55. The number of amides is 1. The van der Waals surface area contributed by atoms with E-state index in [-0.39, 0.29) is 11.7 Å². The normalized spacial score (nSPS) is 14.8. The Morgan fingerprint density at radius 1 is 0.800 bits per heavy atom. The van der Waals surface area contributed by atoms with Crippen LogP contribution in [-0.2, 0) is 6.54 Å². The predicted molar refractivity (Wildman–Crippen MR) is 98.7 cm³/mol. The number of phenolic OH excluding ortho intramolecular Hbond substituents is 1. The monoisotopic (exact) mass is 327 g/mol. The van der Waals surface area contributed by atoms with Crippen LogP contribution in [-0.4, -0.2) is 15.9 Å². The van der Waals surface area contributed by atoms with Crippen molar-refractivity contribution in [3.63, 3.8) is 0 Å². The molecule has 0 fully saturated rings. The molecule has 122 valence electrons. The second-order valence-corrected chi connectivity index (χ2v) is 6.04. The summed E-state index contributed by atoms with van der Waals surface area (Å²) < 4.78 is 0. The van der Waals surface area contributed by atoms with Crippen molar-refractivity contribution in [2.45, 2.75) is 6.54 Å². The summed E-state index contributed by atoms with van der Waals surface area (Å²) in [6.07, 6.45) is 2.05. The van der Waals surface area contributed by atoms with E-state index in [9.17, 15) is 9.90 Å². The van der Waals surface area contributed by atoms with E-state index in [0.29, 0.717) is 6.54 Å². The Balaban J connectivity index is 1.77. The van der Waals surface area contributed by atoms with Crippen LogP contribution in [0.1, 0.15) is 27.0 Å². The summed E-state index contributed by atoms with van der Waals surface area (Å²) in [5.41, 5.74) is 4.61. The number of carbonyl (C=O) groups excluding carboxylic acids is 1. The summed E-state index contributed by atoms with van der Waals surface area (Å²) in [7, 11) is 0. The van der Waals surface area contributed by atoms with Crippen LogP contribution in [0.3, 0.4) is 0 Å². The van der Waals surface area contributed by atoms with Gasteiger partial charge in [0.1, 0.15) is 5.75 Å². The van der Waals surface area contributed by atoms with E-state index in [0.717, 1.165) is 28.0 Å². The van der Waals surface area contributed by atoms with Gasteiger partial charge in [-0.3, -0.25) is 4.79 Å². The number of phenols is 1. The molecular formula is C22H17NO2. The van der Waals surface area contributed by atoms with Gasteiger partial charge in [-0.1, -0.05) is 60.7 Å². The highest BCUT2D eigenvalue weighted by atomic mass is 16.3. The first-order chi connectivity index (χ1) is 12.2. The molecule has 1 aliphatic rings. The quantitative estimate of drug-likeness (QED) is 0.767. The van der Waals surface area contributed by atoms with Crippen LogP contribution >= 0.6 is 0 Å². The lowest BCUT2D eigenvalue weighted by Gasteiger charge is -2.19. The Bertz CT molecular complexity index is 943. The fraction of sp³-hybridized carbons (Fsp3) is 0.0455. The lowest BCUT2D eigenvalue weighted by atomic mass is 10.1. The van der Waals surface area contributed by atoms with Crippen molar-refractivity contribution in [2.75, 3.05) is 0 Å². The molecule has 0 radical (unpaired) electrons. The van der Waals surface area contributed by atoms with Gasteiger partial charge >= 0.3 is 0 Å². The highest BCUT2D eigenvalue weighted by Crippen LogP contribution is 2.35. The molecule has 1 N–H and O–H groups in total. The van der Waals surface area contributed by atoms with Crippen LogP contribution in [0.15, 0.2) is 78.9 Å². The lowest BCUT2D eigenvalue weighted by molar-refractivity contribution is 0.0843. The maximum atomic E-state index is 12.9. The number of aromatic hydroxyl groups is 1. The molecule has 1 amide bonds. The van der Waals surface area contributed by atoms with E-state index in [4.69, 9.17) is 0 Å². The Morgan fingerprint density at radius 2 is 1.44 bits per heavy atom. The minimum Gasteiger partial charge on any atom is -0.508 e. The first-order valence-corrected chi connectivity index (χ1v) is 8.18. The van der Waals surface area contributed by atoms with E-state index < -0.39 is 0 Å². The largest absolute Gasteiger partial charge is 0.508 e. The fourth-order valence-corrected chi connectivity index (χ4v) is 3.10. The molecule has 1 aliphatic heterocycles. The van der Waals surface area contributed by atoms with Gasteiger partial charge in [-0.05, 0) is 35.4 Å². The van der Waals surface area contributed by atoms with Crippen LogP contribution in [0.4, 0.5) is 0 Å². The van der Waals surface area contributed by atoms with Gasteiger partial charge in [-0.2, -0.15) is 0 Å². The minimum absolute atomic E-state index is 0.00542. The smallest absolute Gasteiger partial charge is 0.259 e. The SMILES string of the molecule is O=C1c2ccccc2/C(=C\c2ccccc2)N1Cc1ccc(O)cc1. The maximum absolute atomic E-state index is 12.9. The number of carbonyl (C=O) groups is 1. The number of benzene rings is 3. The molecule has 0 spiro atoms. The molecule has 3 aromatic rings. The van der Waals surface area contributed by atoms with Crippen LogP contribution in [0.25, 0.3) is 11.8 Å². The highest BCUT2D eigenvalue weighted by molar-refractivity contribution is 6.11. The second kappa shape index (κ2) is 6.29. The number of fused-ring (bicyclic) bond motifs is 1. The Hall–Kier alpha value is -3.33. The molecule has 3 nitrogen and oxygen atoms in total. The molecule has 0 atom stereocenters. The zero-order valence-corrected chi connectivity index (χ0v) is 13.6. The summed E-state index contributed by atoms with van der Waals surface area (Å²) >= 11 is 0. The fourth-order valence-electron chi connectivity index (χ4n) is 3.10. The van der Waals surface area contributed by atoms with Crippen molar-refractivity contribution in [2.24, 2.45) is 0 Å². The molecule has 0 unspecified atom stereocenters. The summed E-state index contributed by atoms with van der Waals surface area (Å²) in [5, 5.41) is 9.47. The zero-order valence-electron chi connectivity index (χ0n) is 13.6. The first-order valence-electron chi connectivity index (χ1n) is 8.18. The van der Waals surface area contributed by atoms with Crippen LogP contribution in [0.5, 0.6) is 5.75 Å². The standard InChI is InChI=1S/C22H17NO2/c24-18-12-10-17(11-13-18)15-23-21(14-16-6-2-1-3-7-16)19-8-4-5-9-20(19)22(23)25/h1-14,24H,15H2/b21-14+. The number of hydrogen-bond acceptors (Lipinski definition) is 2. The average molecular weight is 327 g/mol. The van der Waals surface area contributed by atoms with Gasteiger partial charge in [0.05, 0.1) is 12.2 Å². The van der Waals surface area contributed by atoms with Gasteiger partial charge < -0.3 is 10.0 Å². The number of hydrogen-bond donors (Lipinski definition) is 1. The second-order valence-electron chi connectivity index (χ2n) is 6.04. The third-order valence-electron chi connectivity index (χ3n) is 4.35. The third kappa shape index (κ3) is 2.92. The number of rotatable bonds is 3. The van der Waals surface area contributed by atoms with Crippen molar-refractivity contribution in [1.29, 1.82) is 0 Å². The molecule has 3 heteroatoms. The van der Waals surface area contributed by atoms with Crippen LogP contribution in [0.2, 0.25) is 0 Å². The van der Waals surface area contributed by atoms with E-state index in [1.807, 2.05) is 72.8 Å². The minimum atomic E-state index is 0.00542. The van der Waals surface area contributed by atoms with Gasteiger partial charge in [-0.15, -0.1) is 0 Å². The van der Waals surface area contributed by atoms with Crippen molar-refractivity contribution < 1.29 is 9.90 Å². The Morgan fingerprint density at radius 3 is 2.16 bits per heavy atom. The summed E-state index contributed by atoms with van der Waals surface area (Å²) in [6.45, 7) is 0.465. The molecule has 0 saturated carbocycles. The molecule has 0 aromatic heterocycles. The number of nitrogens with zero attached hydrogens (tertiary/aromatic N) is 1. The van der Waals surface area contributed by atoms with Crippen molar-refractivity contribution >= 4 is 17.7 Å². The molecule has 0 bridgehead atoms. The average Bonchev–Trinajstić information content (AvgIpc) is 2.91. The van der Waals surface area contributed by atoms with Gasteiger partial charge in [0.25, 0.3) is 5.91 Å². The third-order valence-corrected chi connectivity index (χ3v) is 4.35. The van der Waals surface area contributed by atoms with Crippen LogP contribution < -0.4 is 0 Å². The molecule has 1 heterocycles. The van der Waals surface area contributed by atoms with Gasteiger partial charge in [-0.25, -0.2) is 0 Å². The Labute approximate surface area is 146 Å². The molecular weight excluding hydrogens is 310 g/mol. The van der Waals surface area contributed by atoms with Gasteiger partial charge in [0.2, 0.25) is 0 Å². The van der Waals surface area contributed by atoms with Crippen molar-refractivity contribution in [3.8, 4) is 5.75 Å². The summed E-state index contributed by atoms with van der Waals surface area (Å²) in [6, 6.07) is 24.7. The van der Waals surface area contributed by atoms with Crippen LogP contribution in [0, 0.1) is 0 Å². The van der Waals surface area contributed by atoms with E-state index in [1.54, 1.807) is 17.0 Å². The van der Waals surface area contributed by atoms with Gasteiger partial charge in [0, 0.05) is 11.1 Å². The van der Waals surface area contributed by atoms with E-state index in [2.05, 4.69) is 0 Å². The molecule has 25 heavy (non-hydrogen) atoms. The van der Waals surface area contributed by atoms with Crippen molar-refractivity contribution in [1.82, 2.24) is 4.90 Å². The molecule has 3 aromatic carbocycles. The van der Waals surface area contributed by atoms with Gasteiger partial charge in [0.15, 0.2) is 0 Å². The van der Waals surface area contributed by atoms with E-state index >= 15 is 0 Å². The lowest BCUT2D eigenvalue weighted by Crippen LogP contribution is -2.22. The van der Waals surface area contributed by atoms with Crippen molar-refractivity contribution in [3.05, 3.63) is 101 Å². The Kier molecular flexibility index (Phi) is 3.82. The summed E-state index contributed by atoms with van der Waals surface area (Å²) in [4.78, 5) is 14.7. The van der Waals surface area contributed by atoms with E-state index in [1.165, 1.54) is 0 Å². The summed E-state index contributed by atoms with van der Waals surface area (Å²) in [5.74, 6) is 0.227. The first kappa shape index (κ1) is 15.2. The topological polar surface area (TPSA) is 40.5 Å². The molecule has 0 aliphatic carbocycles.